The molecule has 2 aromatic rings. The minimum Gasteiger partial charge on any atom is -0.353 e. The highest BCUT2D eigenvalue weighted by Gasteiger charge is 2.16. The van der Waals surface area contributed by atoms with Crippen molar-refractivity contribution in [3.8, 4) is 0 Å². The van der Waals surface area contributed by atoms with Crippen LogP contribution in [0.1, 0.15) is 35.5 Å². The smallest absolute Gasteiger partial charge is 0.259 e. The number of hydrogen-bond donors (Lipinski definition) is 3. The standard InChI is InChI=1S/C16H22N4O2S/c1-9-10(2)23-16-14(9)15(22)19-12(20-16)3-4-13(21)18-11-5-7-17-8-6-11/h11,17H,3-8H2,1-2H3,(H,18,21)(H,19,20,22). The molecule has 0 saturated carbocycles. The van der Waals surface area contributed by atoms with E-state index in [4.69, 9.17) is 0 Å². The number of aromatic nitrogens is 2. The average Bonchev–Trinajstić information content (AvgIpc) is 2.81. The summed E-state index contributed by atoms with van der Waals surface area (Å²) in [5, 5.41) is 7.01. The second-order valence-electron chi connectivity index (χ2n) is 6.07. The number of aryl methyl sites for hydroxylation is 3. The number of nitrogens with one attached hydrogen (secondary N) is 3. The van der Waals surface area contributed by atoms with Crippen molar-refractivity contribution in [2.24, 2.45) is 0 Å². The predicted octanol–water partition coefficient (Wildman–Crippen LogP) is 1.40. The molecule has 0 bridgehead atoms. The Morgan fingerprint density at radius 1 is 1.35 bits per heavy atom. The van der Waals surface area contributed by atoms with Crippen molar-refractivity contribution in [3.05, 3.63) is 26.6 Å². The zero-order chi connectivity index (χ0) is 16.4. The zero-order valence-electron chi connectivity index (χ0n) is 13.5. The van der Waals surface area contributed by atoms with E-state index in [0.29, 0.717) is 24.1 Å². The van der Waals surface area contributed by atoms with Crippen molar-refractivity contribution in [2.45, 2.75) is 45.6 Å². The molecule has 0 spiro atoms. The number of fused-ring (bicyclic) bond motifs is 1. The van der Waals surface area contributed by atoms with Gasteiger partial charge in [0.1, 0.15) is 10.7 Å². The molecule has 1 amide bonds. The van der Waals surface area contributed by atoms with Crippen LogP contribution in [0.25, 0.3) is 10.2 Å². The molecule has 0 unspecified atom stereocenters. The average molecular weight is 334 g/mol. The highest BCUT2D eigenvalue weighted by molar-refractivity contribution is 7.18. The summed E-state index contributed by atoms with van der Waals surface area (Å²) >= 11 is 1.53. The lowest BCUT2D eigenvalue weighted by molar-refractivity contribution is -0.121. The molecular formula is C16H22N4O2S. The van der Waals surface area contributed by atoms with Gasteiger partial charge in [0.25, 0.3) is 5.56 Å². The number of thiophene rings is 1. The van der Waals surface area contributed by atoms with Crippen LogP contribution in [0, 0.1) is 13.8 Å². The number of piperidine rings is 1. The van der Waals surface area contributed by atoms with Crippen molar-refractivity contribution in [3.63, 3.8) is 0 Å². The van der Waals surface area contributed by atoms with E-state index in [-0.39, 0.29) is 17.5 Å². The van der Waals surface area contributed by atoms with Crippen LogP contribution in [0.2, 0.25) is 0 Å². The summed E-state index contributed by atoms with van der Waals surface area (Å²) in [7, 11) is 0. The van der Waals surface area contributed by atoms with Gasteiger partial charge in [-0.3, -0.25) is 9.59 Å². The zero-order valence-corrected chi connectivity index (χ0v) is 14.3. The van der Waals surface area contributed by atoms with Gasteiger partial charge in [-0.15, -0.1) is 11.3 Å². The molecule has 0 aromatic carbocycles. The Labute approximate surface area is 138 Å². The quantitative estimate of drug-likeness (QED) is 0.789. The van der Waals surface area contributed by atoms with Crippen LogP contribution in [0.4, 0.5) is 0 Å². The van der Waals surface area contributed by atoms with Gasteiger partial charge in [-0.05, 0) is 45.3 Å². The van der Waals surface area contributed by atoms with E-state index in [1.807, 2.05) is 13.8 Å². The summed E-state index contributed by atoms with van der Waals surface area (Å²) in [5.41, 5.74) is 0.888. The third-order valence-electron chi connectivity index (χ3n) is 4.38. The van der Waals surface area contributed by atoms with Crippen LogP contribution >= 0.6 is 11.3 Å². The van der Waals surface area contributed by atoms with Crippen molar-refractivity contribution < 1.29 is 4.79 Å². The van der Waals surface area contributed by atoms with Gasteiger partial charge in [0.05, 0.1) is 5.39 Å². The topological polar surface area (TPSA) is 86.9 Å². The highest BCUT2D eigenvalue weighted by Crippen LogP contribution is 2.25. The monoisotopic (exact) mass is 334 g/mol. The van der Waals surface area contributed by atoms with Gasteiger partial charge in [-0.25, -0.2) is 4.98 Å². The van der Waals surface area contributed by atoms with Crippen molar-refractivity contribution in [1.29, 1.82) is 0 Å². The largest absolute Gasteiger partial charge is 0.353 e. The minimum absolute atomic E-state index is 0.0261. The lowest BCUT2D eigenvalue weighted by Crippen LogP contribution is -2.42. The first-order valence-corrected chi connectivity index (χ1v) is 8.85. The fourth-order valence-corrected chi connectivity index (χ4v) is 3.96. The van der Waals surface area contributed by atoms with Crippen LogP contribution in [0.5, 0.6) is 0 Å². The Morgan fingerprint density at radius 2 is 2.09 bits per heavy atom. The fourth-order valence-electron chi connectivity index (χ4n) is 2.92. The molecule has 0 aliphatic carbocycles. The molecule has 1 saturated heterocycles. The second-order valence-corrected chi connectivity index (χ2v) is 7.27. The van der Waals surface area contributed by atoms with Crippen molar-refractivity contribution >= 4 is 27.5 Å². The number of nitrogens with zero attached hydrogens (tertiary/aromatic N) is 1. The van der Waals surface area contributed by atoms with Gasteiger partial charge in [0.2, 0.25) is 5.91 Å². The van der Waals surface area contributed by atoms with Gasteiger partial charge >= 0.3 is 0 Å². The molecule has 124 valence electrons. The molecule has 1 aliphatic rings. The maximum absolute atomic E-state index is 12.2. The van der Waals surface area contributed by atoms with Crippen LogP contribution in [-0.4, -0.2) is 35.0 Å². The number of carbonyl (C=O) groups excluding carboxylic acids is 1. The van der Waals surface area contributed by atoms with E-state index < -0.39 is 0 Å². The molecule has 3 heterocycles. The molecule has 2 aromatic heterocycles. The van der Waals surface area contributed by atoms with E-state index in [2.05, 4.69) is 20.6 Å². The third kappa shape index (κ3) is 3.61. The molecule has 1 fully saturated rings. The molecule has 0 radical (unpaired) electrons. The van der Waals surface area contributed by atoms with Gasteiger partial charge < -0.3 is 15.6 Å². The highest BCUT2D eigenvalue weighted by atomic mass is 32.1. The number of carbonyl (C=O) groups is 1. The number of aromatic amines is 1. The Hall–Kier alpha value is -1.73. The molecule has 7 heteroatoms. The molecule has 0 atom stereocenters. The van der Waals surface area contributed by atoms with E-state index in [1.54, 1.807) is 0 Å². The van der Waals surface area contributed by atoms with Crippen molar-refractivity contribution in [1.82, 2.24) is 20.6 Å². The predicted molar refractivity (Wildman–Crippen MR) is 92.1 cm³/mol. The maximum Gasteiger partial charge on any atom is 0.259 e. The lowest BCUT2D eigenvalue weighted by atomic mass is 10.1. The summed E-state index contributed by atoms with van der Waals surface area (Å²) in [6, 6.07) is 0.265. The Morgan fingerprint density at radius 3 is 2.83 bits per heavy atom. The summed E-state index contributed by atoms with van der Waals surface area (Å²) in [6.07, 6.45) is 2.75. The van der Waals surface area contributed by atoms with Crippen LogP contribution in [0.15, 0.2) is 4.79 Å². The van der Waals surface area contributed by atoms with Crippen LogP contribution in [0.3, 0.4) is 0 Å². The van der Waals surface area contributed by atoms with E-state index in [9.17, 15) is 9.59 Å². The molecule has 1 aliphatic heterocycles. The van der Waals surface area contributed by atoms with Crippen molar-refractivity contribution in [2.75, 3.05) is 13.1 Å². The first kappa shape index (κ1) is 16.1. The lowest BCUT2D eigenvalue weighted by Gasteiger charge is -2.23. The fraction of sp³-hybridized carbons (Fsp3) is 0.562. The number of amides is 1. The normalized spacial score (nSPS) is 15.9. The first-order chi connectivity index (χ1) is 11.0. The summed E-state index contributed by atoms with van der Waals surface area (Å²) in [5.74, 6) is 0.613. The first-order valence-electron chi connectivity index (χ1n) is 8.03. The summed E-state index contributed by atoms with van der Waals surface area (Å²) in [6.45, 7) is 5.84. The molecule has 6 nitrogen and oxygen atoms in total. The molecule has 3 N–H and O–H groups in total. The second kappa shape index (κ2) is 6.80. The Bertz CT molecular complexity index is 774. The van der Waals surface area contributed by atoms with Crippen LogP contribution < -0.4 is 16.2 Å². The van der Waals surface area contributed by atoms with E-state index in [0.717, 1.165) is 41.2 Å². The SMILES string of the molecule is Cc1sc2nc(CCC(=O)NC3CCNCC3)[nH]c(=O)c2c1C. The van der Waals surface area contributed by atoms with Gasteiger partial charge in [-0.2, -0.15) is 0 Å². The third-order valence-corrected chi connectivity index (χ3v) is 5.48. The minimum atomic E-state index is -0.106. The number of H-pyrrole nitrogens is 1. The van der Waals surface area contributed by atoms with Gasteiger partial charge in [0, 0.05) is 23.8 Å². The maximum atomic E-state index is 12.2. The number of rotatable bonds is 4. The Balaban J connectivity index is 1.65. The Kier molecular flexibility index (Phi) is 4.77. The molecule has 23 heavy (non-hydrogen) atoms. The molecular weight excluding hydrogens is 312 g/mol. The number of hydrogen-bond acceptors (Lipinski definition) is 5. The van der Waals surface area contributed by atoms with E-state index >= 15 is 0 Å². The van der Waals surface area contributed by atoms with Gasteiger partial charge in [0.15, 0.2) is 0 Å². The van der Waals surface area contributed by atoms with Gasteiger partial charge in [-0.1, -0.05) is 0 Å². The summed E-state index contributed by atoms with van der Waals surface area (Å²) < 4.78 is 0. The summed E-state index contributed by atoms with van der Waals surface area (Å²) in [4.78, 5) is 33.4. The van der Waals surface area contributed by atoms with E-state index in [1.165, 1.54) is 11.3 Å². The van der Waals surface area contributed by atoms with Crippen LogP contribution in [-0.2, 0) is 11.2 Å². The molecule has 3 rings (SSSR count).